The average Bonchev–Trinajstić information content (AvgIpc) is 2.52. The van der Waals surface area contributed by atoms with E-state index in [1.807, 2.05) is 44.2 Å². The van der Waals surface area contributed by atoms with Gasteiger partial charge < -0.3 is 4.74 Å². The van der Waals surface area contributed by atoms with Gasteiger partial charge in [0.1, 0.15) is 0 Å². The molecule has 2 aromatic carbocycles. The van der Waals surface area contributed by atoms with Gasteiger partial charge in [-0.25, -0.2) is 4.39 Å². The molecule has 0 unspecified atom stereocenters. The van der Waals surface area contributed by atoms with Gasteiger partial charge in [-0.15, -0.1) is 0 Å². The van der Waals surface area contributed by atoms with E-state index in [1.165, 1.54) is 12.3 Å². The molecule has 0 fully saturated rings. The van der Waals surface area contributed by atoms with Gasteiger partial charge in [0.25, 0.3) is 0 Å². The van der Waals surface area contributed by atoms with Crippen molar-refractivity contribution in [3.63, 3.8) is 0 Å². The number of benzene rings is 2. The number of nitrogens with zero attached hydrogens (tertiary/aromatic N) is 1. The van der Waals surface area contributed by atoms with Crippen LogP contribution in [-0.2, 0) is 0 Å². The Morgan fingerprint density at radius 3 is 2.61 bits per heavy atom. The van der Waals surface area contributed by atoms with Crippen molar-refractivity contribution in [2.75, 3.05) is 12.0 Å². The van der Waals surface area contributed by atoms with Crippen LogP contribution in [0.25, 0.3) is 0 Å². The van der Waals surface area contributed by atoms with E-state index in [4.69, 9.17) is 4.74 Å². The minimum Gasteiger partial charge on any atom is -0.490 e. The highest BCUT2D eigenvalue weighted by Crippen LogP contribution is 2.22. The van der Waals surface area contributed by atoms with E-state index in [-0.39, 0.29) is 5.75 Å². The van der Waals surface area contributed by atoms with Crippen molar-refractivity contribution in [1.82, 2.24) is 0 Å². The smallest absolute Gasteiger partial charge is 0.200 e. The summed E-state index contributed by atoms with van der Waals surface area (Å²) in [5.41, 5.74) is 4.05. The molecule has 2 rings (SSSR count). The van der Waals surface area contributed by atoms with Gasteiger partial charge in [-0.2, -0.15) is 9.49 Å². The molecule has 0 atom stereocenters. The molecule has 0 amide bonds. The Hall–Kier alpha value is -2.43. The van der Waals surface area contributed by atoms with Gasteiger partial charge in [0, 0.05) is 5.56 Å². The predicted molar refractivity (Wildman–Crippen MR) is 89.0 cm³/mol. The topological polar surface area (TPSA) is 33.6 Å². The van der Waals surface area contributed by atoms with Crippen LogP contribution in [0.5, 0.6) is 5.75 Å². The molecule has 5 heteroatoms. The van der Waals surface area contributed by atoms with E-state index in [0.717, 1.165) is 18.2 Å². The summed E-state index contributed by atoms with van der Waals surface area (Å²) in [6.07, 6.45) is 2.19. The highest BCUT2D eigenvalue weighted by Gasteiger charge is 2.11. The van der Waals surface area contributed by atoms with Gasteiger partial charge in [0.15, 0.2) is 11.6 Å². The van der Waals surface area contributed by atoms with Crippen LogP contribution in [0, 0.1) is 17.6 Å². The summed E-state index contributed by atoms with van der Waals surface area (Å²) in [5.74, 6) is -1.58. The first-order chi connectivity index (χ1) is 11.1. The molecule has 122 valence electrons. The Labute approximate surface area is 135 Å². The summed E-state index contributed by atoms with van der Waals surface area (Å²) in [6, 6.07) is 11.9. The highest BCUT2D eigenvalue weighted by molar-refractivity contribution is 5.81. The lowest BCUT2D eigenvalue weighted by Gasteiger charge is -2.10. The summed E-state index contributed by atoms with van der Waals surface area (Å²) in [4.78, 5) is 0. The Bertz CT molecular complexity index is 658. The summed E-state index contributed by atoms with van der Waals surface area (Å²) < 4.78 is 32.7. The fourth-order valence-electron chi connectivity index (χ4n) is 1.86. The van der Waals surface area contributed by atoms with Crippen LogP contribution in [0.2, 0.25) is 0 Å². The van der Waals surface area contributed by atoms with Gasteiger partial charge in [-0.05, 0) is 36.6 Å². The third-order valence-corrected chi connectivity index (χ3v) is 3.15. The molecular formula is C18H20F2N2O. The molecule has 0 bridgehead atoms. The van der Waals surface area contributed by atoms with Crippen LogP contribution < -0.4 is 10.2 Å². The molecule has 0 spiro atoms. The van der Waals surface area contributed by atoms with E-state index in [0.29, 0.717) is 18.1 Å². The summed E-state index contributed by atoms with van der Waals surface area (Å²) >= 11 is 0. The lowest BCUT2D eigenvalue weighted by molar-refractivity contribution is 0.272. The molecule has 0 saturated heterocycles. The number of nitrogens with one attached hydrogen (secondary N) is 1. The SMILES string of the molecule is CC(C)CCOc1cc(C=NNc2ccccc2)cc(F)c1F. The van der Waals surface area contributed by atoms with Gasteiger partial charge in [0.05, 0.1) is 18.5 Å². The van der Waals surface area contributed by atoms with Crippen molar-refractivity contribution in [2.24, 2.45) is 11.0 Å². The third kappa shape index (κ3) is 5.36. The zero-order valence-corrected chi connectivity index (χ0v) is 13.2. The van der Waals surface area contributed by atoms with Crippen LogP contribution in [0.1, 0.15) is 25.8 Å². The molecule has 0 saturated carbocycles. The second-order valence-corrected chi connectivity index (χ2v) is 5.58. The Balaban J connectivity index is 2.05. The molecule has 0 radical (unpaired) electrons. The molecule has 1 N–H and O–H groups in total. The molecule has 23 heavy (non-hydrogen) atoms. The van der Waals surface area contributed by atoms with Crippen molar-refractivity contribution in [1.29, 1.82) is 0 Å². The number of para-hydroxylation sites is 1. The van der Waals surface area contributed by atoms with Crippen molar-refractivity contribution in [2.45, 2.75) is 20.3 Å². The fraction of sp³-hybridized carbons (Fsp3) is 0.278. The summed E-state index contributed by atoms with van der Waals surface area (Å²) in [7, 11) is 0. The maximum absolute atomic E-state index is 13.7. The molecule has 0 aliphatic heterocycles. The molecule has 0 heterocycles. The monoisotopic (exact) mass is 318 g/mol. The average molecular weight is 318 g/mol. The number of rotatable bonds is 7. The van der Waals surface area contributed by atoms with Crippen molar-refractivity contribution >= 4 is 11.9 Å². The normalized spacial score (nSPS) is 11.2. The minimum atomic E-state index is -0.970. The second kappa shape index (κ2) is 8.27. The van der Waals surface area contributed by atoms with E-state index in [1.54, 1.807) is 0 Å². The van der Waals surface area contributed by atoms with Gasteiger partial charge in [0.2, 0.25) is 5.82 Å². The lowest BCUT2D eigenvalue weighted by Crippen LogP contribution is -2.04. The Morgan fingerprint density at radius 1 is 1.17 bits per heavy atom. The molecule has 0 aliphatic carbocycles. The van der Waals surface area contributed by atoms with Crippen LogP contribution in [0.15, 0.2) is 47.6 Å². The first kappa shape index (κ1) is 16.9. The Kier molecular flexibility index (Phi) is 6.09. The fourth-order valence-corrected chi connectivity index (χ4v) is 1.86. The van der Waals surface area contributed by atoms with Crippen LogP contribution in [0.4, 0.5) is 14.5 Å². The zero-order valence-electron chi connectivity index (χ0n) is 13.2. The number of hydrogen-bond donors (Lipinski definition) is 1. The molecule has 2 aromatic rings. The first-order valence-corrected chi connectivity index (χ1v) is 7.52. The number of anilines is 1. The van der Waals surface area contributed by atoms with Crippen molar-refractivity contribution in [3.8, 4) is 5.75 Å². The molecule has 0 aromatic heterocycles. The summed E-state index contributed by atoms with van der Waals surface area (Å²) in [6.45, 7) is 4.42. The Morgan fingerprint density at radius 2 is 1.91 bits per heavy atom. The molecular weight excluding hydrogens is 298 g/mol. The van der Waals surface area contributed by atoms with E-state index in [2.05, 4.69) is 10.5 Å². The van der Waals surface area contributed by atoms with Gasteiger partial charge >= 0.3 is 0 Å². The minimum absolute atomic E-state index is 0.0909. The number of hydrazone groups is 1. The van der Waals surface area contributed by atoms with Gasteiger partial charge in [-0.3, -0.25) is 5.43 Å². The van der Waals surface area contributed by atoms with Gasteiger partial charge in [-0.1, -0.05) is 32.0 Å². The standard InChI is InChI=1S/C18H20F2N2O/c1-13(2)8-9-23-17-11-14(10-16(19)18(17)20)12-21-22-15-6-4-3-5-7-15/h3-7,10-13,22H,8-9H2,1-2H3. The first-order valence-electron chi connectivity index (χ1n) is 7.52. The van der Waals surface area contributed by atoms with E-state index < -0.39 is 11.6 Å². The molecule has 0 aliphatic rings. The van der Waals surface area contributed by atoms with Crippen LogP contribution >= 0.6 is 0 Å². The van der Waals surface area contributed by atoms with Crippen LogP contribution in [0.3, 0.4) is 0 Å². The van der Waals surface area contributed by atoms with Crippen molar-refractivity contribution < 1.29 is 13.5 Å². The highest BCUT2D eigenvalue weighted by atomic mass is 19.2. The maximum Gasteiger partial charge on any atom is 0.200 e. The largest absolute Gasteiger partial charge is 0.490 e. The summed E-state index contributed by atoms with van der Waals surface area (Å²) in [5, 5.41) is 4.01. The zero-order chi connectivity index (χ0) is 16.7. The third-order valence-electron chi connectivity index (χ3n) is 3.15. The number of halogens is 2. The predicted octanol–water partition coefficient (Wildman–Crippen LogP) is 4.84. The number of hydrogen-bond acceptors (Lipinski definition) is 3. The number of ether oxygens (including phenoxy) is 1. The quantitative estimate of drug-likeness (QED) is 0.585. The lowest BCUT2D eigenvalue weighted by atomic mass is 10.1. The second-order valence-electron chi connectivity index (χ2n) is 5.58. The van der Waals surface area contributed by atoms with Crippen molar-refractivity contribution in [3.05, 3.63) is 59.7 Å². The maximum atomic E-state index is 13.7. The molecule has 3 nitrogen and oxygen atoms in total. The van der Waals surface area contributed by atoms with E-state index >= 15 is 0 Å². The van der Waals surface area contributed by atoms with E-state index in [9.17, 15) is 8.78 Å². The van der Waals surface area contributed by atoms with Crippen LogP contribution in [-0.4, -0.2) is 12.8 Å².